The first kappa shape index (κ1) is 17.9. The van der Waals surface area contributed by atoms with Crippen LogP contribution >= 0.6 is 0 Å². The number of Topliss-reactive ketones (excluding diaryl/α,β-unsaturated/α-hetero) is 1. The van der Waals surface area contributed by atoms with Crippen LogP contribution in [0.5, 0.6) is 0 Å². The van der Waals surface area contributed by atoms with Crippen LogP contribution < -0.4 is 4.90 Å². The summed E-state index contributed by atoms with van der Waals surface area (Å²) in [5.41, 5.74) is 2.78. The Balaban J connectivity index is 1.54. The SMILES string of the molecule is C[C@@H]1C[C@H](C)CN(c2ncc3c(n2)C[C@H](/C=C/c2ccccc2)CC3=O)C1. The number of piperidine rings is 1. The minimum Gasteiger partial charge on any atom is -0.340 e. The molecule has 1 aromatic carbocycles. The van der Waals surface area contributed by atoms with Crippen molar-refractivity contribution in [1.29, 1.82) is 0 Å². The molecule has 0 amide bonds. The van der Waals surface area contributed by atoms with Crippen LogP contribution in [0.25, 0.3) is 6.08 Å². The quantitative estimate of drug-likeness (QED) is 0.812. The number of rotatable bonds is 3. The van der Waals surface area contributed by atoms with E-state index in [1.165, 1.54) is 6.42 Å². The van der Waals surface area contributed by atoms with Gasteiger partial charge in [-0.25, -0.2) is 9.97 Å². The Morgan fingerprint density at radius 2 is 1.81 bits per heavy atom. The average Bonchev–Trinajstić information content (AvgIpc) is 2.66. The van der Waals surface area contributed by atoms with Gasteiger partial charge in [0.15, 0.2) is 5.78 Å². The van der Waals surface area contributed by atoms with Gasteiger partial charge in [0.05, 0.1) is 11.3 Å². The molecule has 0 radical (unpaired) electrons. The van der Waals surface area contributed by atoms with Gasteiger partial charge in [-0.3, -0.25) is 4.79 Å². The minimum absolute atomic E-state index is 0.158. The van der Waals surface area contributed by atoms with Crippen LogP contribution in [0.4, 0.5) is 5.95 Å². The van der Waals surface area contributed by atoms with Gasteiger partial charge in [0.2, 0.25) is 5.95 Å². The zero-order valence-corrected chi connectivity index (χ0v) is 16.1. The first-order chi connectivity index (χ1) is 13.1. The molecule has 3 atom stereocenters. The monoisotopic (exact) mass is 361 g/mol. The Morgan fingerprint density at radius 1 is 1.07 bits per heavy atom. The van der Waals surface area contributed by atoms with Crippen molar-refractivity contribution in [1.82, 2.24) is 9.97 Å². The van der Waals surface area contributed by atoms with Crippen LogP contribution in [0, 0.1) is 17.8 Å². The molecule has 0 saturated carbocycles. The summed E-state index contributed by atoms with van der Waals surface area (Å²) in [5.74, 6) is 2.44. The number of ketones is 1. The fraction of sp³-hybridized carbons (Fsp3) is 0.435. The standard InChI is InChI=1S/C23H27N3O/c1-16-10-17(2)15-26(14-16)23-24-13-20-21(25-23)11-19(12-22(20)27)9-8-18-6-4-3-5-7-18/h3-9,13,16-17,19H,10-12,14-15H2,1-2H3/b9-8+/t16-,17+,19-/m0/s1. The maximum Gasteiger partial charge on any atom is 0.225 e. The normalized spacial score (nSPS) is 25.6. The van der Waals surface area contributed by atoms with Crippen molar-refractivity contribution < 1.29 is 4.79 Å². The zero-order valence-electron chi connectivity index (χ0n) is 16.1. The number of benzene rings is 1. The van der Waals surface area contributed by atoms with Crippen LogP contribution in [0.1, 0.15) is 48.3 Å². The maximum atomic E-state index is 12.6. The highest BCUT2D eigenvalue weighted by Crippen LogP contribution is 2.29. The molecule has 1 aliphatic carbocycles. The van der Waals surface area contributed by atoms with E-state index in [1.54, 1.807) is 6.20 Å². The first-order valence-electron chi connectivity index (χ1n) is 9.96. The molecule has 1 fully saturated rings. The van der Waals surface area contributed by atoms with E-state index in [9.17, 15) is 4.79 Å². The maximum absolute atomic E-state index is 12.6. The summed E-state index contributed by atoms with van der Waals surface area (Å²) < 4.78 is 0. The Labute approximate surface area is 161 Å². The van der Waals surface area contributed by atoms with Gasteiger partial charge in [-0.15, -0.1) is 0 Å². The van der Waals surface area contributed by atoms with E-state index in [-0.39, 0.29) is 11.7 Å². The average molecular weight is 361 g/mol. The molecule has 140 valence electrons. The van der Waals surface area contributed by atoms with Crippen molar-refractivity contribution in [3.63, 3.8) is 0 Å². The molecular formula is C23H27N3O. The Kier molecular flexibility index (Phi) is 5.06. The molecule has 1 aliphatic heterocycles. The summed E-state index contributed by atoms with van der Waals surface area (Å²) in [4.78, 5) is 24.2. The van der Waals surface area contributed by atoms with Gasteiger partial charge in [0, 0.05) is 25.7 Å². The van der Waals surface area contributed by atoms with E-state index in [0.717, 1.165) is 36.7 Å². The molecule has 2 aromatic rings. The number of carbonyl (C=O) groups excluding carboxylic acids is 1. The summed E-state index contributed by atoms with van der Waals surface area (Å²) in [7, 11) is 0. The van der Waals surface area contributed by atoms with E-state index in [1.807, 2.05) is 18.2 Å². The zero-order chi connectivity index (χ0) is 18.8. The molecule has 2 heterocycles. The minimum atomic E-state index is 0.158. The lowest BCUT2D eigenvalue weighted by molar-refractivity contribution is 0.0957. The predicted molar refractivity (Wildman–Crippen MR) is 109 cm³/mol. The molecule has 0 spiro atoms. The van der Waals surface area contributed by atoms with E-state index >= 15 is 0 Å². The molecule has 0 unspecified atom stereocenters. The molecule has 0 bridgehead atoms. The molecule has 4 heteroatoms. The Hall–Kier alpha value is -2.49. The van der Waals surface area contributed by atoms with Crippen molar-refractivity contribution in [2.75, 3.05) is 18.0 Å². The third kappa shape index (κ3) is 4.10. The smallest absolute Gasteiger partial charge is 0.225 e. The van der Waals surface area contributed by atoms with Crippen molar-refractivity contribution in [2.24, 2.45) is 17.8 Å². The summed E-state index contributed by atoms with van der Waals surface area (Å²) in [6, 6.07) is 10.2. The second-order valence-corrected chi connectivity index (χ2v) is 8.24. The third-order valence-corrected chi connectivity index (χ3v) is 5.57. The van der Waals surface area contributed by atoms with E-state index < -0.39 is 0 Å². The highest BCUT2D eigenvalue weighted by atomic mass is 16.1. The predicted octanol–water partition coefficient (Wildman–Crippen LogP) is 4.42. The molecule has 4 rings (SSSR count). The van der Waals surface area contributed by atoms with Gasteiger partial charge in [0.1, 0.15) is 0 Å². The number of hydrogen-bond acceptors (Lipinski definition) is 4. The van der Waals surface area contributed by atoms with E-state index in [4.69, 9.17) is 4.98 Å². The number of fused-ring (bicyclic) bond motifs is 1. The van der Waals surface area contributed by atoms with Gasteiger partial charge < -0.3 is 4.90 Å². The molecule has 1 saturated heterocycles. The van der Waals surface area contributed by atoms with Crippen LogP contribution in [-0.4, -0.2) is 28.8 Å². The molecular weight excluding hydrogens is 334 g/mol. The molecule has 27 heavy (non-hydrogen) atoms. The summed E-state index contributed by atoms with van der Waals surface area (Å²) in [6.45, 7) is 6.56. The van der Waals surface area contributed by atoms with Gasteiger partial charge in [-0.2, -0.15) is 0 Å². The Bertz CT molecular complexity index is 836. The van der Waals surface area contributed by atoms with Gasteiger partial charge in [-0.05, 0) is 36.2 Å². The molecule has 4 nitrogen and oxygen atoms in total. The number of aromatic nitrogens is 2. The highest BCUT2D eigenvalue weighted by Gasteiger charge is 2.28. The van der Waals surface area contributed by atoms with Crippen molar-refractivity contribution in [3.8, 4) is 0 Å². The number of anilines is 1. The number of hydrogen-bond donors (Lipinski definition) is 0. The summed E-state index contributed by atoms with van der Waals surface area (Å²) in [5, 5.41) is 0. The highest BCUT2D eigenvalue weighted by molar-refractivity contribution is 5.98. The third-order valence-electron chi connectivity index (χ3n) is 5.57. The summed E-state index contributed by atoms with van der Waals surface area (Å²) >= 11 is 0. The van der Waals surface area contributed by atoms with Crippen LogP contribution in [-0.2, 0) is 6.42 Å². The van der Waals surface area contributed by atoms with Gasteiger partial charge in [-0.1, -0.05) is 56.3 Å². The van der Waals surface area contributed by atoms with Gasteiger partial charge >= 0.3 is 0 Å². The van der Waals surface area contributed by atoms with Crippen molar-refractivity contribution >= 4 is 17.8 Å². The number of allylic oxidation sites excluding steroid dienone is 1. The lowest BCUT2D eigenvalue weighted by atomic mass is 9.86. The van der Waals surface area contributed by atoms with Crippen LogP contribution in [0.2, 0.25) is 0 Å². The lowest BCUT2D eigenvalue weighted by Crippen LogP contribution is -2.40. The van der Waals surface area contributed by atoms with E-state index in [2.05, 4.69) is 48.0 Å². The fourth-order valence-corrected chi connectivity index (χ4v) is 4.39. The van der Waals surface area contributed by atoms with Crippen molar-refractivity contribution in [3.05, 3.63) is 59.4 Å². The van der Waals surface area contributed by atoms with Crippen molar-refractivity contribution in [2.45, 2.75) is 33.1 Å². The van der Waals surface area contributed by atoms with Crippen LogP contribution in [0.3, 0.4) is 0 Å². The van der Waals surface area contributed by atoms with E-state index in [0.29, 0.717) is 23.8 Å². The fourth-order valence-electron chi connectivity index (χ4n) is 4.39. The second-order valence-electron chi connectivity index (χ2n) is 8.24. The largest absolute Gasteiger partial charge is 0.340 e. The van der Waals surface area contributed by atoms with Crippen LogP contribution in [0.15, 0.2) is 42.6 Å². The number of carbonyl (C=O) groups is 1. The molecule has 1 aromatic heterocycles. The number of nitrogens with zero attached hydrogens (tertiary/aromatic N) is 3. The topological polar surface area (TPSA) is 46.1 Å². The Morgan fingerprint density at radius 3 is 2.56 bits per heavy atom. The lowest BCUT2D eigenvalue weighted by Gasteiger charge is -2.35. The summed E-state index contributed by atoms with van der Waals surface area (Å²) in [6.07, 6.45) is 8.62. The second kappa shape index (κ2) is 7.63. The van der Waals surface area contributed by atoms with Gasteiger partial charge in [0.25, 0.3) is 0 Å². The first-order valence-corrected chi connectivity index (χ1v) is 9.96. The molecule has 2 aliphatic rings. The molecule has 0 N–H and O–H groups in total.